The van der Waals surface area contributed by atoms with E-state index in [-0.39, 0.29) is 24.4 Å². The number of carbonyl (C=O) groups excluding carboxylic acids is 2. The third-order valence-corrected chi connectivity index (χ3v) is 3.47. The smallest absolute Gasteiger partial charge is 0.422 e. The first-order chi connectivity index (χ1) is 12.8. The molecule has 1 unspecified atom stereocenters. The van der Waals surface area contributed by atoms with E-state index in [9.17, 15) is 22.8 Å². The van der Waals surface area contributed by atoms with Crippen LogP contribution in [-0.4, -0.2) is 36.1 Å². The van der Waals surface area contributed by atoms with Crippen LogP contribution in [0.15, 0.2) is 30.2 Å². The molecule has 0 aromatic heterocycles. The largest absolute Gasteiger partial charge is 0.449 e. The first-order valence-electron chi connectivity index (χ1n) is 9.46. The molecule has 1 fully saturated rings. The predicted molar refractivity (Wildman–Crippen MR) is 76.3 cm³/mol. The van der Waals surface area contributed by atoms with Crippen LogP contribution in [0.4, 0.5) is 13.2 Å². The fourth-order valence-corrected chi connectivity index (χ4v) is 2.43. The molecule has 2 rings (SSSR count). The van der Waals surface area contributed by atoms with Gasteiger partial charge in [-0.05, 0) is 24.3 Å². The Kier molecular flexibility index (Phi) is 3.50. The molecule has 1 saturated heterocycles. The van der Waals surface area contributed by atoms with Gasteiger partial charge in [0.15, 0.2) is 6.61 Å². The van der Waals surface area contributed by atoms with Crippen LogP contribution >= 0.6 is 0 Å². The van der Waals surface area contributed by atoms with Gasteiger partial charge in [-0.2, -0.15) is 13.2 Å². The zero-order chi connectivity index (χ0) is 21.4. The number of hydrogen-bond acceptors (Lipinski definition) is 3. The number of piperidine rings is 1. The second-order valence-electron chi connectivity index (χ2n) is 5.39. The lowest BCUT2D eigenvalue weighted by atomic mass is 9.90. The Bertz CT molecular complexity index is 774. The molecule has 0 bridgehead atoms. The molecule has 0 saturated carbocycles. The number of alkyl halides is 3. The maximum absolute atomic E-state index is 12.4. The lowest BCUT2D eigenvalue weighted by Crippen LogP contribution is -2.45. The highest BCUT2D eigenvalue weighted by Gasteiger charge is 2.37. The molecular formula is C16H18F3NO3. The van der Waals surface area contributed by atoms with Gasteiger partial charge in [0.05, 0.1) is 12.9 Å². The van der Waals surface area contributed by atoms with E-state index in [1.807, 2.05) is 0 Å². The highest BCUT2D eigenvalue weighted by Crippen LogP contribution is 2.33. The molecule has 0 radical (unpaired) electrons. The summed E-state index contributed by atoms with van der Waals surface area (Å²) in [6.07, 6.45) is -4.07. The third kappa shape index (κ3) is 4.71. The maximum Gasteiger partial charge on any atom is 0.422 e. The number of halogens is 3. The molecular weight excluding hydrogens is 311 g/mol. The molecule has 1 heterocycles. The van der Waals surface area contributed by atoms with Gasteiger partial charge in [0.1, 0.15) is 0 Å². The van der Waals surface area contributed by atoms with E-state index in [4.69, 9.17) is 6.85 Å². The summed E-state index contributed by atoms with van der Waals surface area (Å²) in [7, 11) is 0. The summed E-state index contributed by atoms with van der Waals surface area (Å²) in [4.78, 5) is 25.2. The lowest BCUT2D eigenvalue weighted by Gasteiger charge is -2.38. The molecule has 1 aromatic rings. The molecule has 1 aliphatic heterocycles. The van der Waals surface area contributed by atoms with Crippen molar-refractivity contribution in [2.45, 2.75) is 32.0 Å². The summed E-state index contributed by atoms with van der Waals surface area (Å²) in [5, 5.41) is 0. The number of esters is 1. The van der Waals surface area contributed by atoms with Gasteiger partial charge in [0.25, 0.3) is 0 Å². The van der Waals surface area contributed by atoms with E-state index in [1.165, 1.54) is 0 Å². The van der Waals surface area contributed by atoms with Crippen LogP contribution in [0.2, 0.25) is 0 Å². The van der Waals surface area contributed by atoms with Crippen molar-refractivity contribution < 1.29 is 34.4 Å². The Hall–Kier alpha value is -2.05. The maximum atomic E-state index is 12.4. The van der Waals surface area contributed by atoms with E-state index in [1.54, 1.807) is 6.92 Å². The fraction of sp³-hybridized carbons (Fsp3) is 0.500. The van der Waals surface area contributed by atoms with Gasteiger partial charge < -0.3 is 9.64 Å². The molecule has 7 heteroatoms. The second-order valence-corrected chi connectivity index (χ2v) is 5.39. The van der Waals surface area contributed by atoms with E-state index in [2.05, 4.69) is 4.74 Å². The van der Waals surface area contributed by atoms with Gasteiger partial charge in [-0.1, -0.05) is 37.1 Å². The SMILES string of the molecule is [2H]c1c([2H])c([2H])c(C2CC[C@H](C)CN2C(=O)C(=O)OCC(F)(F)F)c([2H])c1[2H]. The highest BCUT2D eigenvalue weighted by molar-refractivity contribution is 6.32. The second kappa shape index (κ2) is 7.02. The van der Waals surface area contributed by atoms with Crippen molar-refractivity contribution in [1.82, 2.24) is 4.90 Å². The summed E-state index contributed by atoms with van der Waals surface area (Å²) < 4.78 is 80.0. The summed E-state index contributed by atoms with van der Waals surface area (Å²) in [5.74, 6) is -3.14. The van der Waals surface area contributed by atoms with Crippen LogP contribution in [-0.2, 0) is 14.3 Å². The Balaban J connectivity index is 2.41. The number of carbonyl (C=O) groups is 2. The molecule has 2 atom stereocenters. The minimum atomic E-state index is -4.79. The van der Waals surface area contributed by atoms with Gasteiger partial charge in [-0.25, -0.2) is 4.79 Å². The Morgan fingerprint density at radius 3 is 2.57 bits per heavy atom. The van der Waals surface area contributed by atoms with Crippen LogP contribution in [0.1, 0.15) is 38.2 Å². The summed E-state index contributed by atoms with van der Waals surface area (Å²) in [5.41, 5.74) is -0.171. The minimum absolute atomic E-state index is 0.0210. The number of amides is 1. The van der Waals surface area contributed by atoms with E-state index < -0.39 is 60.9 Å². The van der Waals surface area contributed by atoms with Crippen molar-refractivity contribution in [3.8, 4) is 0 Å². The average molecular weight is 334 g/mol. The van der Waals surface area contributed by atoms with Gasteiger partial charge >= 0.3 is 18.1 Å². The first-order valence-corrected chi connectivity index (χ1v) is 6.96. The van der Waals surface area contributed by atoms with Crippen LogP contribution in [0.25, 0.3) is 0 Å². The van der Waals surface area contributed by atoms with Gasteiger partial charge in [-0.3, -0.25) is 4.79 Å². The van der Waals surface area contributed by atoms with Crippen molar-refractivity contribution >= 4 is 11.9 Å². The summed E-state index contributed by atoms with van der Waals surface area (Å²) >= 11 is 0. The topological polar surface area (TPSA) is 46.6 Å². The van der Waals surface area contributed by atoms with Crippen LogP contribution in [0.3, 0.4) is 0 Å². The van der Waals surface area contributed by atoms with Crippen molar-refractivity contribution in [3.05, 3.63) is 35.8 Å². The van der Waals surface area contributed by atoms with Crippen molar-refractivity contribution in [3.63, 3.8) is 0 Å². The molecule has 0 aliphatic carbocycles. The van der Waals surface area contributed by atoms with E-state index in [0.717, 1.165) is 4.90 Å². The Morgan fingerprint density at radius 2 is 1.96 bits per heavy atom. The standard InChI is InChI=1S/C16H18F3NO3/c1-11-7-8-13(12-5-3-2-4-6-12)20(9-11)14(21)15(22)23-10-16(17,18)19/h2-6,11,13H,7-10H2,1H3/t11-,13?/m0/s1/i2D,3D,4D,5D,6D. The molecule has 126 valence electrons. The van der Waals surface area contributed by atoms with Crippen LogP contribution in [0.5, 0.6) is 0 Å². The highest BCUT2D eigenvalue weighted by atomic mass is 19.4. The lowest BCUT2D eigenvalue weighted by molar-refractivity contribution is -0.190. The molecule has 0 spiro atoms. The predicted octanol–water partition coefficient (Wildman–Crippen LogP) is 3.09. The number of rotatable bonds is 2. The molecule has 4 nitrogen and oxygen atoms in total. The Labute approximate surface area is 139 Å². The van der Waals surface area contributed by atoms with Gasteiger partial charge in [-0.15, -0.1) is 0 Å². The number of likely N-dealkylation sites (tertiary alicyclic amines) is 1. The molecule has 1 aliphatic rings. The molecule has 1 amide bonds. The zero-order valence-electron chi connectivity index (χ0n) is 17.3. The monoisotopic (exact) mass is 334 g/mol. The molecule has 23 heavy (non-hydrogen) atoms. The van der Waals surface area contributed by atoms with Crippen LogP contribution in [0, 0.1) is 5.92 Å². The summed E-state index contributed by atoms with van der Waals surface area (Å²) in [6.45, 7) is -0.174. The zero-order valence-corrected chi connectivity index (χ0v) is 12.3. The third-order valence-electron chi connectivity index (χ3n) is 3.47. The van der Waals surface area contributed by atoms with Crippen LogP contribution < -0.4 is 0 Å². The summed E-state index contributed by atoms with van der Waals surface area (Å²) in [6, 6.07) is -3.89. The number of ether oxygens (including phenoxy) is 1. The first kappa shape index (κ1) is 11.5. The normalized spacial score (nSPS) is 24.9. The number of hydrogen-bond donors (Lipinski definition) is 0. The molecule has 1 aromatic carbocycles. The fourth-order valence-electron chi connectivity index (χ4n) is 2.43. The minimum Gasteiger partial charge on any atom is -0.449 e. The van der Waals surface area contributed by atoms with E-state index in [0.29, 0.717) is 6.42 Å². The number of nitrogens with zero attached hydrogens (tertiary/aromatic N) is 1. The van der Waals surface area contributed by atoms with Gasteiger partial charge in [0.2, 0.25) is 0 Å². The van der Waals surface area contributed by atoms with Gasteiger partial charge in [0, 0.05) is 6.54 Å². The average Bonchev–Trinajstić information content (AvgIpc) is 2.62. The quantitative estimate of drug-likeness (QED) is 0.617. The van der Waals surface area contributed by atoms with Crippen molar-refractivity contribution in [2.24, 2.45) is 5.92 Å². The Morgan fingerprint density at radius 1 is 1.30 bits per heavy atom. The van der Waals surface area contributed by atoms with Crippen molar-refractivity contribution in [2.75, 3.05) is 13.2 Å². The molecule has 0 N–H and O–H groups in total. The number of benzene rings is 1. The van der Waals surface area contributed by atoms with E-state index >= 15 is 0 Å². The van der Waals surface area contributed by atoms with Crippen molar-refractivity contribution in [1.29, 1.82) is 0 Å².